The lowest BCUT2D eigenvalue weighted by Gasteiger charge is -2.41. The van der Waals surface area contributed by atoms with E-state index in [-0.39, 0.29) is 17.9 Å². The zero-order valence-corrected chi connectivity index (χ0v) is 11.2. The molecule has 17 heavy (non-hydrogen) atoms. The van der Waals surface area contributed by atoms with Crippen molar-refractivity contribution in [2.75, 3.05) is 7.05 Å². The highest BCUT2D eigenvalue weighted by Crippen LogP contribution is 2.39. The summed E-state index contributed by atoms with van der Waals surface area (Å²) in [7, 11) is 1.83. The number of likely N-dealkylation sites (N-methyl/N-ethyl adjacent to an activating group) is 1. The average Bonchev–Trinajstić information content (AvgIpc) is 2.41. The van der Waals surface area contributed by atoms with Gasteiger partial charge in [-0.1, -0.05) is 30.3 Å². The lowest BCUT2D eigenvalue weighted by Crippen LogP contribution is -2.45. The third-order valence-corrected chi connectivity index (χ3v) is 4.34. The highest BCUT2D eigenvalue weighted by Gasteiger charge is 2.37. The molecule has 2 nitrogen and oxygen atoms in total. The standard InChI is InChI=1S/C14H14BrNO/c1-16-13-7-6-9-4-2-3-5-10(9)11(13)8-12(15)14(16)17/h2-5,8,11,13H,6-7H2,1H3/i8D. The first-order valence-corrected chi connectivity index (χ1v) is 6.61. The molecular weight excluding hydrogens is 278 g/mol. The molecule has 0 bridgehead atoms. The Labute approximate surface area is 111 Å². The van der Waals surface area contributed by atoms with Crippen LogP contribution in [0.1, 0.15) is 24.8 Å². The molecule has 0 radical (unpaired) electrons. The fraction of sp³-hybridized carbons (Fsp3) is 0.357. The number of fused-ring (bicyclic) bond motifs is 3. The van der Waals surface area contributed by atoms with Crippen LogP contribution in [0.5, 0.6) is 0 Å². The van der Waals surface area contributed by atoms with Gasteiger partial charge >= 0.3 is 0 Å². The summed E-state index contributed by atoms with van der Waals surface area (Å²) in [6, 6.07) is 8.82. The van der Waals surface area contributed by atoms with Crippen LogP contribution in [0.2, 0.25) is 0 Å². The van der Waals surface area contributed by atoms with Crippen LogP contribution in [0.3, 0.4) is 0 Å². The second-order valence-corrected chi connectivity index (χ2v) is 5.45. The third kappa shape index (κ3) is 1.64. The predicted octanol–water partition coefficient (Wildman–Crippen LogP) is 2.84. The van der Waals surface area contributed by atoms with Gasteiger partial charge in [-0.25, -0.2) is 0 Å². The number of amides is 1. The van der Waals surface area contributed by atoms with Crippen LogP contribution in [0.4, 0.5) is 0 Å². The normalized spacial score (nSPS) is 28.7. The number of benzene rings is 1. The number of halogens is 1. The van der Waals surface area contributed by atoms with E-state index in [4.69, 9.17) is 1.37 Å². The van der Waals surface area contributed by atoms with Crippen molar-refractivity contribution in [3.8, 4) is 0 Å². The Balaban J connectivity index is 2.18. The maximum absolute atomic E-state index is 12.0. The van der Waals surface area contributed by atoms with Gasteiger partial charge in [0.15, 0.2) is 0 Å². The van der Waals surface area contributed by atoms with Crippen molar-refractivity contribution < 1.29 is 6.17 Å². The van der Waals surface area contributed by atoms with Gasteiger partial charge in [0.2, 0.25) is 0 Å². The summed E-state index contributed by atoms with van der Waals surface area (Å²) in [5.74, 6) is -0.0485. The Morgan fingerprint density at radius 1 is 1.47 bits per heavy atom. The van der Waals surface area contributed by atoms with E-state index in [0.717, 1.165) is 12.8 Å². The van der Waals surface area contributed by atoms with Crippen molar-refractivity contribution in [3.63, 3.8) is 0 Å². The van der Waals surface area contributed by atoms with Gasteiger partial charge in [-0.2, -0.15) is 0 Å². The molecule has 0 saturated heterocycles. The molecule has 0 N–H and O–H groups in total. The molecule has 3 heteroatoms. The van der Waals surface area contributed by atoms with E-state index in [1.54, 1.807) is 4.90 Å². The Morgan fingerprint density at radius 3 is 3.06 bits per heavy atom. The first kappa shape index (κ1) is 9.89. The van der Waals surface area contributed by atoms with E-state index in [2.05, 4.69) is 28.1 Å². The van der Waals surface area contributed by atoms with E-state index in [0.29, 0.717) is 10.5 Å². The fourth-order valence-corrected chi connectivity index (χ4v) is 3.36. The maximum atomic E-state index is 12.0. The summed E-state index contributed by atoms with van der Waals surface area (Å²) in [4.78, 5) is 13.8. The minimum atomic E-state index is -0.0689. The number of aryl methyl sites for hydroxylation is 1. The SMILES string of the molecule is [2H]C1=C(Br)C(=O)N(C)C2CCc3ccccc3C12. The highest BCUT2D eigenvalue weighted by molar-refractivity contribution is 9.12. The topological polar surface area (TPSA) is 20.3 Å². The van der Waals surface area contributed by atoms with Crippen molar-refractivity contribution in [2.45, 2.75) is 24.8 Å². The molecular formula is C14H14BrNO. The van der Waals surface area contributed by atoms with Gasteiger partial charge in [-0.15, -0.1) is 0 Å². The van der Waals surface area contributed by atoms with Crippen LogP contribution in [0.15, 0.2) is 34.8 Å². The quantitative estimate of drug-likeness (QED) is 0.720. The second-order valence-electron chi connectivity index (χ2n) is 4.66. The molecule has 1 amide bonds. The summed E-state index contributed by atoms with van der Waals surface area (Å²) in [6.07, 6.45) is 1.92. The van der Waals surface area contributed by atoms with E-state index in [1.165, 1.54) is 11.1 Å². The molecule has 2 unspecified atom stereocenters. The van der Waals surface area contributed by atoms with Gasteiger partial charge in [0.05, 0.1) is 5.85 Å². The molecule has 0 spiro atoms. The molecule has 3 rings (SSSR count). The first-order chi connectivity index (χ1) is 8.61. The Bertz CT molecular complexity index is 554. The largest absolute Gasteiger partial charge is 0.337 e. The molecule has 0 saturated carbocycles. The summed E-state index contributed by atoms with van der Waals surface area (Å²) in [6.45, 7) is 0. The minimum absolute atomic E-state index is 0.0204. The van der Waals surface area contributed by atoms with Crippen LogP contribution < -0.4 is 0 Å². The molecule has 0 aromatic heterocycles. The van der Waals surface area contributed by atoms with Crippen LogP contribution >= 0.6 is 15.9 Å². The summed E-state index contributed by atoms with van der Waals surface area (Å²) < 4.78 is 8.64. The maximum Gasteiger partial charge on any atom is 0.260 e. The first-order valence-electron chi connectivity index (χ1n) is 6.32. The summed E-state index contributed by atoms with van der Waals surface area (Å²) in [5.41, 5.74) is 2.52. The molecule has 1 aliphatic heterocycles. The monoisotopic (exact) mass is 292 g/mol. The fourth-order valence-electron chi connectivity index (χ4n) is 2.84. The summed E-state index contributed by atoms with van der Waals surface area (Å²) in [5, 5.41) is 0. The smallest absolute Gasteiger partial charge is 0.260 e. The number of hydrogen-bond acceptors (Lipinski definition) is 1. The number of carbonyl (C=O) groups excluding carboxylic acids is 1. The predicted molar refractivity (Wildman–Crippen MR) is 71.1 cm³/mol. The molecule has 1 heterocycles. The Morgan fingerprint density at radius 2 is 2.24 bits per heavy atom. The van der Waals surface area contributed by atoms with Crippen LogP contribution in [-0.4, -0.2) is 23.9 Å². The van der Waals surface area contributed by atoms with Crippen molar-refractivity contribution >= 4 is 21.8 Å². The Kier molecular flexibility index (Phi) is 2.32. The van der Waals surface area contributed by atoms with Crippen molar-refractivity contribution in [1.82, 2.24) is 4.90 Å². The minimum Gasteiger partial charge on any atom is -0.337 e. The third-order valence-electron chi connectivity index (χ3n) is 3.77. The van der Waals surface area contributed by atoms with Crippen LogP contribution in [0, 0.1) is 0 Å². The van der Waals surface area contributed by atoms with Gasteiger partial charge in [0.25, 0.3) is 5.91 Å². The van der Waals surface area contributed by atoms with Gasteiger partial charge in [0, 0.05) is 19.0 Å². The van der Waals surface area contributed by atoms with E-state index in [9.17, 15) is 4.79 Å². The zero-order chi connectivity index (χ0) is 12.9. The zero-order valence-electron chi connectivity index (χ0n) is 10.6. The van der Waals surface area contributed by atoms with Crippen LogP contribution in [-0.2, 0) is 11.2 Å². The molecule has 88 valence electrons. The van der Waals surface area contributed by atoms with Crippen molar-refractivity contribution in [2.24, 2.45) is 0 Å². The second kappa shape index (κ2) is 3.98. The van der Waals surface area contributed by atoms with Crippen molar-refractivity contribution in [3.05, 3.63) is 45.9 Å². The van der Waals surface area contributed by atoms with Gasteiger partial charge in [0.1, 0.15) is 0 Å². The lowest BCUT2D eigenvalue weighted by molar-refractivity contribution is -0.128. The lowest BCUT2D eigenvalue weighted by atomic mass is 9.77. The highest BCUT2D eigenvalue weighted by atomic mass is 79.9. The molecule has 1 aromatic rings. The molecule has 1 aliphatic carbocycles. The van der Waals surface area contributed by atoms with Gasteiger partial charge in [-0.05, 0) is 39.9 Å². The number of hydrogen-bond donors (Lipinski definition) is 0. The van der Waals surface area contributed by atoms with Crippen LogP contribution in [0.25, 0.3) is 0 Å². The molecule has 2 aliphatic rings. The van der Waals surface area contributed by atoms with E-state index in [1.807, 2.05) is 19.2 Å². The Hall–Kier alpha value is -1.09. The van der Waals surface area contributed by atoms with E-state index < -0.39 is 0 Å². The summed E-state index contributed by atoms with van der Waals surface area (Å²) >= 11 is 3.27. The van der Waals surface area contributed by atoms with E-state index >= 15 is 0 Å². The molecule has 2 atom stereocenters. The van der Waals surface area contributed by atoms with Crippen molar-refractivity contribution in [1.29, 1.82) is 0 Å². The molecule has 1 aromatic carbocycles. The molecule has 0 fully saturated rings. The van der Waals surface area contributed by atoms with Gasteiger partial charge < -0.3 is 4.90 Å². The van der Waals surface area contributed by atoms with Gasteiger partial charge in [-0.3, -0.25) is 4.79 Å². The number of rotatable bonds is 0. The average molecular weight is 293 g/mol. The number of nitrogens with zero attached hydrogens (tertiary/aromatic N) is 1. The number of carbonyl (C=O) groups is 1.